The van der Waals surface area contributed by atoms with Crippen LogP contribution in [-0.4, -0.2) is 61.2 Å². The number of aromatic nitrogens is 5. The van der Waals surface area contributed by atoms with Crippen LogP contribution in [0, 0.1) is 0 Å². The fourth-order valence-electron chi connectivity index (χ4n) is 1.72. The summed E-state index contributed by atoms with van der Waals surface area (Å²) < 4.78 is 3.32. The molecule has 0 saturated carbocycles. The standard InChI is InChI=1S/C11H16N6O2/c1-15(2)6-7-17-9(8(11(18)19)13-14-17)10-12-4-5-16(10)3/h4-5H,6-7H2,1-3H3,(H,18,19). The van der Waals surface area contributed by atoms with Crippen molar-refractivity contribution < 1.29 is 9.90 Å². The fourth-order valence-corrected chi connectivity index (χ4v) is 1.72. The van der Waals surface area contributed by atoms with Gasteiger partial charge in [0.05, 0.1) is 6.54 Å². The maximum atomic E-state index is 11.2. The minimum Gasteiger partial charge on any atom is -0.476 e. The lowest BCUT2D eigenvalue weighted by Gasteiger charge is -2.11. The van der Waals surface area contributed by atoms with Crippen molar-refractivity contribution in [1.29, 1.82) is 0 Å². The second kappa shape index (κ2) is 5.19. The average Bonchev–Trinajstić information content (AvgIpc) is 2.91. The molecule has 8 heteroatoms. The molecular weight excluding hydrogens is 248 g/mol. The molecule has 8 nitrogen and oxygen atoms in total. The molecule has 0 aromatic carbocycles. The third kappa shape index (κ3) is 2.63. The Hall–Kier alpha value is -2.22. The Balaban J connectivity index is 2.45. The molecule has 1 N–H and O–H groups in total. The lowest BCUT2D eigenvalue weighted by atomic mass is 10.3. The number of aryl methyl sites for hydroxylation is 1. The first-order chi connectivity index (χ1) is 9.00. The number of hydrogen-bond donors (Lipinski definition) is 1. The predicted molar refractivity (Wildman–Crippen MR) is 67.7 cm³/mol. The number of carboxylic acid groups (broad SMARTS) is 1. The van der Waals surface area contributed by atoms with E-state index in [1.165, 1.54) is 0 Å². The Labute approximate surface area is 110 Å². The molecule has 102 valence electrons. The minimum absolute atomic E-state index is 0.0759. The Morgan fingerprint density at radius 1 is 1.47 bits per heavy atom. The lowest BCUT2D eigenvalue weighted by Crippen LogP contribution is -2.20. The van der Waals surface area contributed by atoms with E-state index in [-0.39, 0.29) is 5.69 Å². The van der Waals surface area contributed by atoms with Gasteiger partial charge < -0.3 is 14.6 Å². The Bertz CT molecular complexity index is 586. The van der Waals surface area contributed by atoms with Crippen molar-refractivity contribution in [3.8, 4) is 11.5 Å². The zero-order valence-corrected chi connectivity index (χ0v) is 11.1. The molecule has 2 aromatic heterocycles. The zero-order chi connectivity index (χ0) is 14.0. The van der Waals surface area contributed by atoms with Gasteiger partial charge in [0, 0.05) is 26.0 Å². The molecule has 2 heterocycles. The first-order valence-corrected chi connectivity index (χ1v) is 5.80. The quantitative estimate of drug-likeness (QED) is 0.813. The number of rotatable bonds is 5. The van der Waals surface area contributed by atoms with Gasteiger partial charge in [-0.1, -0.05) is 5.21 Å². The van der Waals surface area contributed by atoms with Crippen LogP contribution in [0.15, 0.2) is 12.4 Å². The van der Waals surface area contributed by atoms with E-state index in [9.17, 15) is 9.90 Å². The third-order valence-electron chi connectivity index (χ3n) is 2.73. The van der Waals surface area contributed by atoms with Crippen LogP contribution >= 0.6 is 0 Å². The highest BCUT2D eigenvalue weighted by Gasteiger charge is 2.23. The molecule has 0 saturated heterocycles. The van der Waals surface area contributed by atoms with Gasteiger partial charge in [-0.15, -0.1) is 5.10 Å². The molecule has 19 heavy (non-hydrogen) atoms. The van der Waals surface area contributed by atoms with E-state index in [1.54, 1.807) is 28.7 Å². The Morgan fingerprint density at radius 2 is 2.21 bits per heavy atom. The molecule has 0 aliphatic heterocycles. The minimum atomic E-state index is -1.10. The molecule has 0 fully saturated rings. The molecule has 0 aliphatic rings. The number of imidazole rings is 1. The number of carboxylic acids is 1. The Kier molecular flexibility index (Phi) is 3.61. The van der Waals surface area contributed by atoms with E-state index < -0.39 is 5.97 Å². The van der Waals surface area contributed by atoms with Crippen LogP contribution in [0.5, 0.6) is 0 Å². The van der Waals surface area contributed by atoms with Crippen LogP contribution < -0.4 is 0 Å². The molecule has 0 bridgehead atoms. The largest absolute Gasteiger partial charge is 0.476 e. The van der Waals surface area contributed by atoms with Crippen LogP contribution in [0.3, 0.4) is 0 Å². The van der Waals surface area contributed by atoms with Crippen molar-refractivity contribution in [3.05, 3.63) is 18.1 Å². The van der Waals surface area contributed by atoms with E-state index in [4.69, 9.17) is 0 Å². The summed E-state index contributed by atoms with van der Waals surface area (Å²) >= 11 is 0. The molecule has 0 unspecified atom stereocenters. The maximum Gasteiger partial charge on any atom is 0.358 e. The van der Waals surface area contributed by atoms with Gasteiger partial charge in [0.2, 0.25) is 5.69 Å². The molecule has 2 rings (SSSR count). The molecule has 0 spiro atoms. The number of likely N-dealkylation sites (N-methyl/N-ethyl adjacent to an activating group) is 1. The predicted octanol–water partition coefficient (Wildman–Crippen LogP) is -0.0616. The normalized spacial score (nSPS) is 11.2. The SMILES string of the molecule is CN(C)CCn1nnc(C(=O)O)c1-c1nccn1C. The van der Waals surface area contributed by atoms with E-state index in [1.807, 2.05) is 19.0 Å². The van der Waals surface area contributed by atoms with Gasteiger partial charge in [0.15, 0.2) is 5.82 Å². The molecule has 0 atom stereocenters. The van der Waals surface area contributed by atoms with E-state index in [0.717, 1.165) is 6.54 Å². The topological polar surface area (TPSA) is 89.1 Å². The highest BCUT2D eigenvalue weighted by molar-refractivity contribution is 5.91. The van der Waals surface area contributed by atoms with Crippen molar-refractivity contribution >= 4 is 5.97 Å². The van der Waals surface area contributed by atoms with E-state index >= 15 is 0 Å². The lowest BCUT2D eigenvalue weighted by molar-refractivity contribution is 0.0691. The van der Waals surface area contributed by atoms with Crippen LogP contribution in [0.25, 0.3) is 11.5 Å². The van der Waals surface area contributed by atoms with Gasteiger partial charge in [-0.2, -0.15) is 0 Å². The van der Waals surface area contributed by atoms with Gasteiger partial charge in [-0.05, 0) is 14.1 Å². The van der Waals surface area contributed by atoms with Crippen molar-refractivity contribution in [3.63, 3.8) is 0 Å². The van der Waals surface area contributed by atoms with Crippen LogP contribution in [0.4, 0.5) is 0 Å². The van der Waals surface area contributed by atoms with Gasteiger partial charge in [0.25, 0.3) is 0 Å². The zero-order valence-electron chi connectivity index (χ0n) is 11.1. The monoisotopic (exact) mass is 264 g/mol. The summed E-state index contributed by atoms with van der Waals surface area (Å²) in [6.07, 6.45) is 3.37. The number of aromatic carboxylic acids is 1. The van der Waals surface area contributed by atoms with Crippen LogP contribution in [-0.2, 0) is 13.6 Å². The summed E-state index contributed by atoms with van der Waals surface area (Å²) in [6.45, 7) is 1.29. The van der Waals surface area contributed by atoms with Crippen molar-refractivity contribution in [2.24, 2.45) is 7.05 Å². The number of nitrogens with zero attached hydrogens (tertiary/aromatic N) is 6. The highest BCUT2D eigenvalue weighted by Crippen LogP contribution is 2.19. The second-order valence-corrected chi connectivity index (χ2v) is 4.48. The average molecular weight is 264 g/mol. The van der Waals surface area contributed by atoms with Crippen molar-refractivity contribution in [2.75, 3.05) is 20.6 Å². The van der Waals surface area contributed by atoms with Gasteiger partial charge in [0.1, 0.15) is 5.69 Å². The van der Waals surface area contributed by atoms with Gasteiger partial charge in [-0.25, -0.2) is 14.5 Å². The van der Waals surface area contributed by atoms with Crippen molar-refractivity contribution in [2.45, 2.75) is 6.54 Å². The molecule has 0 radical (unpaired) electrons. The smallest absolute Gasteiger partial charge is 0.358 e. The summed E-state index contributed by atoms with van der Waals surface area (Å²) in [5.41, 5.74) is 0.356. The molecular formula is C11H16N6O2. The molecule has 0 amide bonds. The van der Waals surface area contributed by atoms with Crippen molar-refractivity contribution in [1.82, 2.24) is 29.4 Å². The summed E-state index contributed by atoms with van der Waals surface area (Å²) in [6, 6.07) is 0. The molecule has 0 aliphatic carbocycles. The highest BCUT2D eigenvalue weighted by atomic mass is 16.4. The van der Waals surface area contributed by atoms with Gasteiger partial charge in [-0.3, -0.25) is 0 Å². The molecule has 2 aromatic rings. The summed E-state index contributed by atoms with van der Waals surface area (Å²) in [5.74, 6) is -0.560. The van der Waals surface area contributed by atoms with E-state index in [2.05, 4.69) is 15.3 Å². The Morgan fingerprint density at radius 3 is 2.74 bits per heavy atom. The summed E-state index contributed by atoms with van der Waals surface area (Å²) in [4.78, 5) is 17.4. The van der Waals surface area contributed by atoms with Crippen LogP contribution in [0.2, 0.25) is 0 Å². The summed E-state index contributed by atoms with van der Waals surface area (Å²) in [7, 11) is 5.68. The number of hydrogen-bond acceptors (Lipinski definition) is 5. The van der Waals surface area contributed by atoms with Crippen LogP contribution in [0.1, 0.15) is 10.5 Å². The fraction of sp³-hybridized carbons (Fsp3) is 0.455. The number of carbonyl (C=O) groups is 1. The first-order valence-electron chi connectivity index (χ1n) is 5.80. The third-order valence-corrected chi connectivity index (χ3v) is 2.73. The van der Waals surface area contributed by atoms with E-state index in [0.29, 0.717) is 18.1 Å². The second-order valence-electron chi connectivity index (χ2n) is 4.48. The van der Waals surface area contributed by atoms with Gasteiger partial charge >= 0.3 is 5.97 Å². The first kappa shape index (κ1) is 13.2. The maximum absolute atomic E-state index is 11.2. The summed E-state index contributed by atoms with van der Waals surface area (Å²) in [5, 5.41) is 16.8.